The number of hydrogen-bond donors (Lipinski definition) is 0. The summed E-state index contributed by atoms with van der Waals surface area (Å²) in [4.78, 5) is 19.3. The molecule has 2 aromatic carbocycles. The zero-order chi connectivity index (χ0) is 18.6. The molecule has 0 atom stereocenters. The van der Waals surface area contributed by atoms with E-state index >= 15 is 0 Å². The second kappa shape index (κ2) is 8.48. The van der Waals surface area contributed by atoms with Crippen molar-refractivity contribution >= 4 is 41.0 Å². The number of benzene rings is 2. The van der Waals surface area contributed by atoms with E-state index in [1.165, 1.54) is 11.8 Å². The summed E-state index contributed by atoms with van der Waals surface area (Å²) in [5.41, 5.74) is 1.97. The molecule has 0 N–H and O–H groups in total. The number of nitrogens with zero attached hydrogens (tertiary/aromatic N) is 2. The third kappa shape index (κ3) is 4.38. The Hall–Kier alpha value is -1.79. The molecule has 2 aromatic rings. The van der Waals surface area contributed by atoms with Gasteiger partial charge in [-0.2, -0.15) is 0 Å². The number of carbonyl (C=O) groups excluding carboxylic acids is 1. The second-order valence-corrected chi connectivity index (χ2v) is 8.06. The normalized spacial score (nSPS) is 19.4. The quantitative estimate of drug-likeness (QED) is 0.722. The third-order valence-electron chi connectivity index (χ3n) is 4.74. The fourth-order valence-electron chi connectivity index (χ4n) is 3.26. The summed E-state index contributed by atoms with van der Waals surface area (Å²) in [6.07, 6.45) is 1.95. The van der Waals surface area contributed by atoms with E-state index in [9.17, 15) is 4.79 Å². The first-order chi connectivity index (χ1) is 13.2. The Morgan fingerprint density at radius 3 is 2.56 bits per heavy atom. The van der Waals surface area contributed by atoms with Gasteiger partial charge in [-0.05, 0) is 35.9 Å². The van der Waals surface area contributed by atoms with Crippen molar-refractivity contribution in [2.75, 3.05) is 44.3 Å². The summed E-state index contributed by atoms with van der Waals surface area (Å²) in [5, 5.41) is 0.692. The highest BCUT2D eigenvalue weighted by molar-refractivity contribution is 8.04. The predicted molar refractivity (Wildman–Crippen MR) is 111 cm³/mol. The Bertz CT molecular complexity index is 848. The van der Waals surface area contributed by atoms with Crippen molar-refractivity contribution in [3.05, 3.63) is 64.0 Å². The van der Waals surface area contributed by atoms with Gasteiger partial charge in [0.1, 0.15) is 0 Å². The van der Waals surface area contributed by atoms with Crippen LogP contribution in [0.25, 0.3) is 6.08 Å². The zero-order valence-electron chi connectivity index (χ0n) is 14.9. The summed E-state index contributed by atoms with van der Waals surface area (Å²) in [6, 6.07) is 15.7. The predicted octanol–water partition coefficient (Wildman–Crippen LogP) is 4.15. The standard InChI is InChI=1S/C21H21ClN2O2S/c22-17-7-5-16(6-8-17)15-20-21(25)24(10-9-23-11-13-26-14-12-23)18-3-1-2-4-19(18)27-20/h1-8,15H,9-14H2. The number of fused-ring (bicyclic) bond motifs is 1. The van der Waals surface area contributed by atoms with Crippen LogP contribution in [0.2, 0.25) is 5.02 Å². The Kier molecular flexibility index (Phi) is 5.83. The van der Waals surface area contributed by atoms with Crippen molar-refractivity contribution in [1.82, 2.24) is 4.90 Å². The van der Waals surface area contributed by atoms with Gasteiger partial charge in [0.25, 0.3) is 5.91 Å². The molecule has 4 rings (SSSR count). The average molecular weight is 401 g/mol. The number of rotatable bonds is 4. The molecule has 2 aliphatic heterocycles. The van der Waals surface area contributed by atoms with E-state index in [0.717, 1.165) is 53.9 Å². The molecule has 2 aliphatic rings. The SMILES string of the molecule is O=C1C(=Cc2ccc(Cl)cc2)Sc2ccccc2N1CCN1CCOCC1. The molecule has 27 heavy (non-hydrogen) atoms. The molecule has 2 heterocycles. The number of hydrogen-bond acceptors (Lipinski definition) is 4. The maximum atomic E-state index is 13.2. The van der Waals surface area contributed by atoms with Gasteiger partial charge in [-0.1, -0.05) is 47.6 Å². The average Bonchev–Trinajstić information content (AvgIpc) is 2.70. The maximum Gasteiger partial charge on any atom is 0.265 e. The van der Waals surface area contributed by atoms with Crippen molar-refractivity contribution in [1.29, 1.82) is 0 Å². The topological polar surface area (TPSA) is 32.8 Å². The van der Waals surface area contributed by atoms with Crippen LogP contribution in [0.5, 0.6) is 0 Å². The minimum Gasteiger partial charge on any atom is -0.379 e. The lowest BCUT2D eigenvalue weighted by atomic mass is 10.2. The van der Waals surface area contributed by atoms with Crippen LogP contribution in [0.15, 0.2) is 58.3 Å². The van der Waals surface area contributed by atoms with Crippen LogP contribution < -0.4 is 4.90 Å². The largest absolute Gasteiger partial charge is 0.379 e. The first-order valence-electron chi connectivity index (χ1n) is 9.07. The highest BCUT2D eigenvalue weighted by atomic mass is 35.5. The summed E-state index contributed by atoms with van der Waals surface area (Å²) in [6.45, 7) is 4.90. The molecule has 0 spiro atoms. The molecule has 0 unspecified atom stereocenters. The Labute approximate surface area is 168 Å². The molecule has 0 aromatic heterocycles. The van der Waals surface area contributed by atoms with Crippen LogP contribution in [0.4, 0.5) is 5.69 Å². The molecule has 140 valence electrons. The fourth-order valence-corrected chi connectivity index (χ4v) is 4.45. The lowest BCUT2D eigenvalue weighted by Crippen LogP contribution is -2.44. The number of carbonyl (C=O) groups is 1. The minimum absolute atomic E-state index is 0.0573. The van der Waals surface area contributed by atoms with E-state index in [-0.39, 0.29) is 5.91 Å². The van der Waals surface area contributed by atoms with E-state index in [2.05, 4.69) is 11.0 Å². The number of anilines is 1. The van der Waals surface area contributed by atoms with Gasteiger partial charge < -0.3 is 9.64 Å². The van der Waals surface area contributed by atoms with Gasteiger partial charge in [0.15, 0.2) is 0 Å². The monoisotopic (exact) mass is 400 g/mol. The van der Waals surface area contributed by atoms with E-state index in [1.807, 2.05) is 53.4 Å². The highest BCUT2D eigenvalue weighted by Crippen LogP contribution is 2.41. The van der Waals surface area contributed by atoms with Crippen LogP contribution in [0.3, 0.4) is 0 Å². The van der Waals surface area contributed by atoms with Gasteiger partial charge in [-0.15, -0.1) is 0 Å². The molecule has 0 saturated carbocycles. The highest BCUT2D eigenvalue weighted by Gasteiger charge is 2.29. The Balaban J connectivity index is 1.58. The first-order valence-corrected chi connectivity index (χ1v) is 10.3. The van der Waals surface area contributed by atoms with Gasteiger partial charge in [-0.25, -0.2) is 0 Å². The number of halogens is 1. The molecule has 0 radical (unpaired) electrons. The van der Waals surface area contributed by atoms with Crippen LogP contribution in [-0.4, -0.2) is 50.2 Å². The van der Waals surface area contributed by atoms with Gasteiger partial charge in [-0.3, -0.25) is 9.69 Å². The maximum absolute atomic E-state index is 13.2. The van der Waals surface area contributed by atoms with Crippen LogP contribution >= 0.6 is 23.4 Å². The van der Waals surface area contributed by atoms with Crippen LogP contribution in [0, 0.1) is 0 Å². The van der Waals surface area contributed by atoms with Crippen LogP contribution in [0.1, 0.15) is 5.56 Å². The van der Waals surface area contributed by atoms with Gasteiger partial charge in [0, 0.05) is 36.1 Å². The number of thioether (sulfide) groups is 1. The third-order valence-corrected chi connectivity index (χ3v) is 6.07. The molecule has 4 nitrogen and oxygen atoms in total. The van der Waals surface area contributed by atoms with Crippen molar-refractivity contribution in [3.63, 3.8) is 0 Å². The Morgan fingerprint density at radius 1 is 1.04 bits per heavy atom. The van der Waals surface area contributed by atoms with Crippen molar-refractivity contribution in [2.45, 2.75) is 4.90 Å². The van der Waals surface area contributed by atoms with E-state index in [0.29, 0.717) is 11.6 Å². The van der Waals surface area contributed by atoms with Crippen molar-refractivity contribution in [2.24, 2.45) is 0 Å². The molecule has 1 amide bonds. The van der Waals surface area contributed by atoms with Crippen molar-refractivity contribution < 1.29 is 9.53 Å². The summed E-state index contributed by atoms with van der Waals surface area (Å²) < 4.78 is 5.42. The number of morpholine rings is 1. The zero-order valence-corrected chi connectivity index (χ0v) is 16.5. The summed E-state index contributed by atoms with van der Waals surface area (Å²) in [7, 11) is 0. The number of ether oxygens (including phenoxy) is 1. The smallest absolute Gasteiger partial charge is 0.265 e. The lowest BCUT2D eigenvalue weighted by Gasteiger charge is -2.33. The minimum atomic E-state index is 0.0573. The molecule has 1 fully saturated rings. The van der Waals surface area contributed by atoms with Gasteiger partial charge in [0.2, 0.25) is 0 Å². The number of para-hydroxylation sites is 1. The summed E-state index contributed by atoms with van der Waals surface area (Å²) >= 11 is 7.51. The van der Waals surface area contributed by atoms with E-state index in [4.69, 9.17) is 16.3 Å². The van der Waals surface area contributed by atoms with Crippen LogP contribution in [-0.2, 0) is 9.53 Å². The Morgan fingerprint density at radius 2 is 1.78 bits per heavy atom. The molecular weight excluding hydrogens is 380 g/mol. The van der Waals surface area contributed by atoms with Crippen molar-refractivity contribution in [3.8, 4) is 0 Å². The molecule has 6 heteroatoms. The lowest BCUT2D eigenvalue weighted by molar-refractivity contribution is -0.114. The second-order valence-electron chi connectivity index (χ2n) is 6.54. The van der Waals surface area contributed by atoms with E-state index < -0.39 is 0 Å². The molecule has 0 bridgehead atoms. The summed E-state index contributed by atoms with van der Waals surface area (Å²) in [5.74, 6) is 0.0573. The van der Waals surface area contributed by atoms with Gasteiger partial charge >= 0.3 is 0 Å². The molecular formula is C21H21ClN2O2S. The molecule has 1 saturated heterocycles. The molecule has 0 aliphatic carbocycles. The first kappa shape index (κ1) is 18.6. The van der Waals surface area contributed by atoms with Gasteiger partial charge in [0.05, 0.1) is 23.8 Å². The number of amides is 1. The fraction of sp³-hybridized carbons (Fsp3) is 0.286. The van der Waals surface area contributed by atoms with E-state index in [1.54, 1.807) is 0 Å².